The molecule has 8 heteroatoms. The standard InChI is InChI=1S/C12H6BrCl2FN2O2/c13-9-1-2-10(12(15)11(9)14)17-7-3-6(16)4-8(5-7)18(19)20/h1-5,17H. The fourth-order valence-corrected chi connectivity index (χ4v) is 2.35. The van der Waals surface area contributed by atoms with Crippen molar-refractivity contribution in [3.63, 3.8) is 0 Å². The Balaban J connectivity index is 2.40. The van der Waals surface area contributed by atoms with Crippen molar-refractivity contribution in [1.82, 2.24) is 0 Å². The molecule has 0 amide bonds. The van der Waals surface area contributed by atoms with Crippen molar-refractivity contribution in [1.29, 1.82) is 0 Å². The van der Waals surface area contributed by atoms with Crippen LogP contribution in [-0.4, -0.2) is 4.92 Å². The fourth-order valence-electron chi connectivity index (χ4n) is 1.53. The van der Waals surface area contributed by atoms with Gasteiger partial charge in [0.1, 0.15) is 5.82 Å². The van der Waals surface area contributed by atoms with Gasteiger partial charge in [-0.3, -0.25) is 10.1 Å². The van der Waals surface area contributed by atoms with Crippen LogP contribution in [0, 0.1) is 15.9 Å². The highest BCUT2D eigenvalue weighted by atomic mass is 79.9. The third kappa shape index (κ3) is 3.20. The van der Waals surface area contributed by atoms with Crippen LogP contribution in [0.3, 0.4) is 0 Å². The summed E-state index contributed by atoms with van der Waals surface area (Å²) in [6.45, 7) is 0. The maximum atomic E-state index is 13.3. The summed E-state index contributed by atoms with van der Waals surface area (Å²) in [7, 11) is 0. The summed E-state index contributed by atoms with van der Waals surface area (Å²) in [5.74, 6) is -0.721. The van der Waals surface area contributed by atoms with Crippen LogP contribution in [0.15, 0.2) is 34.8 Å². The van der Waals surface area contributed by atoms with E-state index in [9.17, 15) is 14.5 Å². The predicted octanol–water partition coefficient (Wildman–Crippen LogP) is 5.55. The Morgan fingerprint density at radius 2 is 1.90 bits per heavy atom. The van der Waals surface area contributed by atoms with Gasteiger partial charge >= 0.3 is 0 Å². The lowest BCUT2D eigenvalue weighted by Gasteiger charge is -2.10. The lowest BCUT2D eigenvalue weighted by atomic mass is 10.2. The Bertz CT molecular complexity index is 697. The molecular weight excluding hydrogens is 374 g/mol. The predicted molar refractivity (Wildman–Crippen MR) is 80.5 cm³/mol. The normalized spacial score (nSPS) is 10.4. The maximum Gasteiger partial charge on any atom is 0.274 e. The van der Waals surface area contributed by atoms with Crippen molar-refractivity contribution in [2.24, 2.45) is 0 Å². The van der Waals surface area contributed by atoms with Crippen LogP contribution in [0.2, 0.25) is 10.0 Å². The summed E-state index contributed by atoms with van der Waals surface area (Å²) < 4.78 is 13.9. The van der Waals surface area contributed by atoms with Crippen molar-refractivity contribution < 1.29 is 9.31 Å². The van der Waals surface area contributed by atoms with E-state index < -0.39 is 10.7 Å². The van der Waals surface area contributed by atoms with Crippen LogP contribution in [0.1, 0.15) is 0 Å². The first kappa shape index (κ1) is 15.0. The Hall–Kier alpha value is -1.37. The van der Waals surface area contributed by atoms with E-state index in [-0.39, 0.29) is 16.4 Å². The molecular formula is C12H6BrCl2FN2O2. The van der Waals surface area contributed by atoms with Gasteiger partial charge in [0.2, 0.25) is 0 Å². The van der Waals surface area contributed by atoms with Crippen molar-refractivity contribution in [2.75, 3.05) is 5.32 Å². The average Bonchev–Trinajstić information content (AvgIpc) is 2.39. The van der Waals surface area contributed by atoms with E-state index in [0.717, 1.165) is 12.1 Å². The zero-order chi connectivity index (χ0) is 14.9. The van der Waals surface area contributed by atoms with E-state index in [1.807, 2.05) is 0 Å². The van der Waals surface area contributed by atoms with Crippen LogP contribution in [0.4, 0.5) is 21.5 Å². The molecule has 0 atom stereocenters. The first-order chi connectivity index (χ1) is 9.38. The van der Waals surface area contributed by atoms with Crippen LogP contribution in [0.25, 0.3) is 0 Å². The molecule has 0 unspecified atom stereocenters. The molecule has 0 saturated heterocycles. The molecule has 0 aliphatic rings. The molecule has 0 heterocycles. The second-order valence-corrected chi connectivity index (χ2v) is 5.41. The van der Waals surface area contributed by atoms with E-state index in [4.69, 9.17) is 23.2 Å². The Morgan fingerprint density at radius 3 is 2.55 bits per heavy atom. The van der Waals surface area contributed by atoms with Gasteiger partial charge in [0, 0.05) is 16.2 Å². The molecule has 2 rings (SSSR count). The molecule has 0 spiro atoms. The average molecular weight is 380 g/mol. The SMILES string of the molecule is O=[N+]([O-])c1cc(F)cc(Nc2ccc(Br)c(Cl)c2Cl)c1. The molecule has 20 heavy (non-hydrogen) atoms. The van der Waals surface area contributed by atoms with E-state index in [1.54, 1.807) is 12.1 Å². The number of benzene rings is 2. The van der Waals surface area contributed by atoms with Gasteiger partial charge < -0.3 is 5.32 Å². The Kier molecular flexibility index (Phi) is 4.47. The van der Waals surface area contributed by atoms with Crippen LogP contribution in [0.5, 0.6) is 0 Å². The zero-order valence-electron chi connectivity index (χ0n) is 9.66. The molecule has 0 saturated carbocycles. The van der Waals surface area contributed by atoms with Crippen molar-refractivity contribution in [2.45, 2.75) is 0 Å². The molecule has 0 aromatic heterocycles. The molecule has 1 N–H and O–H groups in total. The number of nitro groups is 1. The summed E-state index contributed by atoms with van der Waals surface area (Å²) >= 11 is 15.2. The van der Waals surface area contributed by atoms with Crippen LogP contribution < -0.4 is 5.32 Å². The highest BCUT2D eigenvalue weighted by Crippen LogP contribution is 2.37. The van der Waals surface area contributed by atoms with Gasteiger partial charge in [-0.15, -0.1) is 0 Å². The van der Waals surface area contributed by atoms with Gasteiger partial charge in [-0.25, -0.2) is 4.39 Å². The monoisotopic (exact) mass is 378 g/mol. The topological polar surface area (TPSA) is 55.2 Å². The number of nitrogens with zero attached hydrogens (tertiary/aromatic N) is 1. The van der Waals surface area contributed by atoms with Gasteiger partial charge in [-0.05, 0) is 34.1 Å². The zero-order valence-corrected chi connectivity index (χ0v) is 12.8. The van der Waals surface area contributed by atoms with Gasteiger partial charge in [-0.2, -0.15) is 0 Å². The lowest BCUT2D eigenvalue weighted by Crippen LogP contribution is -1.95. The maximum absolute atomic E-state index is 13.3. The van der Waals surface area contributed by atoms with E-state index in [1.165, 1.54) is 6.07 Å². The first-order valence-corrected chi connectivity index (χ1v) is 6.79. The molecule has 0 bridgehead atoms. The minimum Gasteiger partial charge on any atom is -0.354 e. The molecule has 2 aromatic rings. The van der Waals surface area contributed by atoms with Crippen molar-refractivity contribution >= 4 is 56.2 Å². The molecule has 104 valence electrons. The number of halogens is 4. The molecule has 0 aliphatic heterocycles. The van der Waals surface area contributed by atoms with Gasteiger partial charge in [0.05, 0.1) is 26.7 Å². The number of anilines is 2. The number of hydrogen-bond donors (Lipinski definition) is 1. The highest BCUT2D eigenvalue weighted by molar-refractivity contribution is 9.10. The molecule has 0 radical (unpaired) electrons. The van der Waals surface area contributed by atoms with E-state index in [2.05, 4.69) is 21.2 Å². The number of rotatable bonds is 3. The summed E-state index contributed by atoms with van der Waals surface area (Å²) in [5.41, 5.74) is 0.267. The second kappa shape index (κ2) is 5.95. The van der Waals surface area contributed by atoms with E-state index in [0.29, 0.717) is 15.2 Å². The van der Waals surface area contributed by atoms with Gasteiger partial charge in [0.25, 0.3) is 5.69 Å². The van der Waals surface area contributed by atoms with E-state index >= 15 is 0 Å². The largest absolute Gasteiger partial charge is 0.354 e. The summed E-state index contributed by atoms with van der Waals surface area (Å²) in [5, 5.41) is 14.0. The number of hydrogen-bond acceptors (Lipinski definition) is 3. The Labute approximate surface area is 131 Å². The quantitative estimate of drug-likeness (QED) is 0.432. The third-order valence-corrected chi connectivity index (χ3v) is 4.18. The van der Waals surface area contributed by atoms with Gasteiger partial charge in [0.15, 0.2) is 0 Å². The lowest BCUT2D eigenvalue weighted by molar-refractivity contribution is -0.385. The molecule has 0 fully saturated rings. The minimum atomic E-state index is -0.721. The summed E-state index contributed by atoms with van der Waals surface area (Å²) in [4.78, 5) is 10.0. The third-order valence-electron chi connectivity index (χ3n) is 2.41. The molecule has 2 aromatic carbocycles. The summed E-state index contributed by atoms with van der Waals surface area (Å²) in [6.07, 6.45) is 0. The Morgan fingerprint density at radius 1 is 1.20 bits per heavy atom. The van der Waals surface area contributed by atoms with Crippen LogP contribution in [-0.2, 0) is 0 Å². The van der Waals surface area contributed by atoms with Crippen LogP contribution >= 0.6 is 39.1 Å². The summed E-state index contributed by atoms with van der Waals surface area (Å²) in [6, 6.07) is 6.44. The number of nitrogens with one attached hydrogen (secondary N) is 1. The molecule has 0 aliphatic carbocycles. The van der Waals surface area contributed by atoms with Crippen molar-refractivity contribution in [3.05, 3.63) is 60.8 Å². The number of non-ortho nitro benzene ring substituents is 1. The molecule has 4 nitrogen and oxygen atoms in total. The second-order valence-electron chi connectivity index (χ2n) is 3.80. The fraction of sp³-hybridized carbons (Fsp3) is 0. The smallest absolute Gasteiger partial charge is 0.274 e. The van der Waals surface area contributed by atoms with Crippen molar-refractivity contribution in [3.8, 4) is 0 Å². The number of nitro benzene ring substituents is 1. The highest BCUT2D eigenvalue weighted by Gasteiger charge is 2.12. The minimum absolute atomic E-state index is 0.206. The first-order valence-electron chi connectivity index (χ1n) is 5.24. The van der Waals surface area contributed by atoms with Gasteiger partial charge in [-0.1, -0.05) is 23.2 Å².